The molecule has 1 N–H and O–H groups in total. The lowest BCUT2D eigenvalue weighted by molar-refractivity contribution is -0.127. The quantitative estimate of drug-likeness (QED) is 0.902. The third-order valence-electron chi connectivity index (χ3n) is 4.30. The van der Waals surface area contributed by atoms with E-state index in [2.05, 4.69) is 22.3 Å². The molecule has 2 heterocycles. The van der Waals surface area contributed by atoms with Gasteiger partial charge in [-0.1, -0.05) is 30.3 Å². The van der Waals surface area contributed by atoms with Crippen molar-refractivity contribution in [2.45, 2.75) is 25.0 Å². The van der Waals surface area contributed by atoms with Crippen molar-refractivity contribution < 1.29 is 9.53 Å². The predicted octanol–water partition coefficient (Wildman–Crippen LogP) is 2.07. The average Bonchev–Trinajstić information content (AvgIpc) is 3.09. The van der Waals surface area contributed by atoms with Gasteiger partial charge in [-0.3, -0.25) is 9.69 Å². The van der Waals surface area contributed by atoms with E-state index in [1.165, 1.54) is 0 Å². The molecule has 1 aromatic rings. The normalized spacial score (nSPS) is 24.1. The molecule has 4 nitrogen and oxygen atoms in total. The van der Waals surface area contributed by atoms with Crippen molar-refractivity contribution in [3.05, 3.63) is 35.9 Å². The molecule has 0 unspecified atom stereocenters. The van der Waals surface area contributed by atoms with Crippen LogP contribution in [0.25, 0.3) is 0 Å². The fraction of sp³-hybridized carbons (Fsp3) is 0.588. The number of amides is 1. The van der Waals surface area contributed by atoms with Gasteiger partial charge in [-0.25, -0.2) is 0 Å². The average molecular weight is 320 g/mol. The molecule has 1 amide bonds. The van der Waals surface area contributed by atoms with Gasteiger partial charge >= 0.3 is 0 Å². The summed E-state index contributed by atoms with van der Waals surface area (Å²) in [7, 11) is 0. The lowest BCUT2D eigenvalue weighted by Gasteiger charge is -2.33. The fourth-order valence-electron chi connectivity index (χ4n) is 3.12. The molecular formula is C17H24N2O2S. The summed E-state index contributed by atoms with van der Waals surface area (Å²) in [4.78, 5) is 15.1. The number of nitrogens with one attached hydrogen (secondary N) is 1. The maximum atomic E-state index is 12.8. The Balaban J connectivity index is 1.67. The SMILES string of the molecule is O=C(NC[C@H]1CCCO1)[C@H](c1ccccc1)N1CCSCC1. The molecule has 0 saturated carbocycles. The van der Waals surface area contributed by atoms with Crippen LogP contribution in [0.2, 0.25) is 0 Å². The molecule has 2 aliphatic rings. The summed E-state index contributed by atoms with van der Waals surface area (Å²) in [6, 6.07) is 9.94. The zero-order valence-corrected chi connectivity index (χ0v) is 13.7. The van der Waals surface area contributed by atoms with Gasteiger partial charge in [0.2, 0.25) is 5.91 Å². The Morgan fingerprint density at radius 2 is 2.09 bits per heavy atom. The van der Waals surface area contributed by atoms with Crippen LogP contribution in [0.1, 0.15) is 24.4 Å². The minimum absolute atomic E-state index is 0.105. The molecule has 0 aliphatic carbocycles. The largest absolute Gasteiger partial charge is 0.376 e. The topological polar surface area (TPSA) is 41.6 Å². The number of nitrogens with zero attached hydrogens (tertiary/aromatic N) is 1. The number of carbonyl (C=O) groups excluding carboxylic acids is 1. The van der Waals surface area contributed by atoms with Crippen molar-refractivity contribution in [2.24, 2.45) is 0 Å². The van der Waals surface area contributed by atoms with Crippen LogP contribution >= 0.6 is 11.8 Å². The number of hydrogen-bond donors (Lipinski definition) is 1. The van der Waals surface area contributed by atoms with Crippen LogP contribution in [0, 0.1) is 0 Å². The molecule has 1 aromatic carbocycles. The maximum absolute atomic E-state index is 12.8. The van der Waals surface area contributed by atoms with E-state index < -0.39 is 0 Å². The molecule has 2 fully saturated rings. The van der Waals surface area contributed by atoms with Gasteiger partial charge in [-0.15, -0.1) is 0 Å². The minimum Gasteiger partial charge on any atom is -0.376 e. The summed E-state index contributed by atoms with van der Waals surface area (Å²) in [5, 5.41) is 3.11. The molecule has 3 rings (SSSR count). The van der Waals surface area contributed by atoms with Crippen LogP contribution in [0.4, 0.5) is 0 Å². The van der Waals surface area contributed by atoms with Gasteiger partial charge in [-0.05, 0) is 18.4 Å². The first kappa shape index (κ1) is 15.8. The third kappa shape index (κ3) is 4.03. The first-order valence-corrected chi connectivity index (χ1v) is 9.26. The molecule has 2 aliphatic heterocycles. The summed E-state index contributed by atoms with van der Waals surface area (Å²) < 4.78 is 5.60. The second-order valence-corrected chi connectivity index (χ2v) is 7.07. The Bertz CT molecular complexity index is 471. The maximum Gasteiger partial charge on any atom is 0.242 e. The van der Waals surface area contributed by atoms with Gasteiger partial charge in [0.05, 0.1) is 6.10 Å². The summed E-state index contributed by atoms with van der Waals surface area (Å²) in [5.74, 6) is 2.30. The number of thioether (sulfide) groups is 1. The van der Waals surface area contributed by atoms with Crippen LogP contribution in [0.15, 0.2) is 30.3 Å². The van der Waals surface area contributed by atoms with Crippen molar-refractivity contribution in [2.75, 3.05) is 37.7 Å². The molecule has 22 heavy (non-hydrogen) atoms. The van der Waals surface area contributed by atoms with E-state index in [4.69, 9.17) is 4.74 Å². The molecule has 120 valence electrons. The zero-order valence-electron chi connectivity index (χ0n) is 12.9. The summed E-state index contributed by atoms with van der Waals surface area (Å²) in [5.41, 5.74) is 1.08. The highest BCUT2D eigenvalue weighted by Crippen LogP contribution is 2.24. The number of rotatable bonds is 5. The van der Waals surface area contributed by atoms with Crippen LogP contribution in [0.5, 0.6) is 0 Å². The minimum atomic E-state index is -0.177. The Kier molecular flexibility index (Phi) is 5.76. The van der Waals surface area contributed by atoms with Crippen LogP contribution in [0.3, 0.4) is 0 Å². The fourth-order valence-corrected chi connectivity index (χ4v) is 4.05. The molecular weight excluding hydrogens is 296 g/mol. The van der Waals surface area contributed by atoms with Crippen molar-refractivity contribution in [3.63, 3.8) is 0 Å². The third-order valence-corrected chi connectivity index (χ3v) is 5.24. The second kappa shape index (κ2) is 7.99. The lowest BCUT2D eigenvalue weighted by Crippen LogP contribution is -2.45. The number of hydrogen-bond acceptors (Lipinski definition) is 4. The number of benzene rings is 1. The predicted molar refractivity (Wildman–Crippen MR) is 90.1 cm³/mol. The number of carbonyl (C=O) groups is 1. The van der Waals surface area contributed by atoms with Crippen molar-refractivity contribution in [3.8, 4) is 0 Å². The van der Waals surface area contributed by atoms with Gasteiger partial charge < -0.3 is 10.1 Å². The highest BCUT2D eigenvalue weighted by Gasteiger charge is 2.29. The van der Waals surface area contributed by atoms with Gasteiger partial charge in [0.15, 0.2) is 0 Å². The molecule has 2 saturated heterocycles. The van der Waals surface area contributed by atoms with Crippen LogP contribution in [-0.4, -0.2) is 54.7 Å². The molecule has 0 spiro atoms. The van der Waals surface area contributed by atoms with E-state index >= 15 is 0 Å². The first-order chi connectivity index (χ1) is 10.8. The lowest BCUT2D eigenvalue weighted by atomic mass is 10.0. The number of ether oxygens (including phenoxy) is 1. The van der Waals surface area contributed by atoms with Crippen molar-refractivity contribution in [1.29, 1.82) is 0 Å². The van der Waals surface area contributed by atoms with Crippen LogP contribution < -0.4 is 5.32 Å². The molecule has 0 radical (unpaired) electrons. The smallest absolute Gasteiger partial charge is 0.242 e. The molecule has 0 bridgehead atoms. The van der Waals surface area contributed by atoms with Crippen molar-refractivity contribution >= 4 is 17.7 Å². The Morgan fingerprint density at radius 3 is 2.77 bits per heavy atom. The van der Waals surface area contributed by atoms with Crippen molar-refractivity contribution in [1.82, 2.24) is 10.2 Å². The standard InChI is InChI=1S/C17H24N2O2S/c20-17(18-13-15-7-4-10-21-15)16(14-5-2-1-3-6-14)19-8-11-22-12-9-19/h1-3,5-6,15-16H,4,7-13H2,(H,18,20)/t15-,16+/m1/s1. The van der Waals surface area contributed by atoms with Gasteiger partial charge in [0.25, 0.3) is 0 Å². The monoisotopic (exact) mass is 320 g/mol. The highest BCUT2D eigenvalue weighted by atomic mass is 32.2. The van der Waals surface area contributed by atoms with E-state index in [9.17, 15) is 4.79 Å². The Morgan fingerprint density at radius 1 is 1.32 bits per heavy atom. The van der Waals surface area contributed by atoms with E-state index in [0.717, 1.165) is 49.6 Å². The van der Waals surface area contributed by atoms with Gasteiger partial charge in [0.1, 0.15) is 6.04 Å². The van der Waals surface area contributed by atoms with E-state index in [-0.39, 0.29) is 18.1 Å². The zero-order chi connectivity index (χ0) is 15.2. The summed E-state index contributed by atoms with van der Waals surface area (Å²) in [6.07, 6.45) is 2.35. The first-order valence-electron chi connectivity index (χ1n) is 8.10. The highest BCUT2D eigenvalue weighted by molar-refractivity contribution is 7.99. The van der Waals surface area contributed by atoms with E-state index in [1.54, 1.807) is 0 Å². The van der Waals surface area contributed by atoms with Gasteiger partial charge in [-0.2, -0.15) is 11.8 Å². The van der Waals surface area contributed by atoms with E-state index in [0.29, 0.717) is 6.54 Å². The van der Waals surface area contributed by atoms with Gasteiger partial charge in [0, 0.05) is 37.7 Å². The molecule has 2 atom stereocenters. The Labute approximate surface area is 136 Å². The van der Waals surface area contributed by atoms with E-state index in [1.807, 2.05) is 30.0 Å². The van der Waals surface area contributed by atoms with Crippen LogP contribution in [-0.2, 0) is 9.53 Å². The molecule has 0 aromatic heterocycles. The second-order valence-electron chi connectivity index (χ2n) is 5.84. The molecule has 5 heteroatoms. The summed E-state index contributed by atoms with van der Waals surface area (Å²) in [6.45, 7) is 3.39. The summed E-state index contributed by atoms with van der Waals surface area (Å²) >= 11 is 1.96. The Hall–Kier alpha value is -1.04.